The minimum atomic E-state index is -4.45. The Bertz CT molecular complexity index is 392. The molecule has 18 heavy (non-hydrogen) atoms. The lowest BCUT2D eigenvalue weighted by Crippen LogP contribution is -2.41. The second-order valence-electron chi connectivity index (χ2n) is 4.22. The molecule has 1 fully saturated rings. The standard InChI is InChI=1S/C10H13BrF3N3S/c11-5-2-6-17(7-3-1-4-7)9-15-8(16-18-9)10(12,13)14/h7H,1-6H2. The fourth-order valence-electron chi connectivity index (χ4n) is 1.81. The van der Waals surface area contributed by atoms with Crippen LogP contribution in [-0.4, -0.2) is 27.3 Å². The van der Waals surface area contributed by atoms with E-state index in [2.05, 4.69) is 25.3 Å². The van der Waals surface area contributed by atoms with Crippen LogP contribution in [0, 0.1) is 0 Å². The Labute approximate surface area is 116 Å². The van der Waals surface area contributed by atoms with Crippen LogP contribution < -0.4 is 4.90 Å². The zero-order chi connectivity index (χ0) is 13.2. The van der Waals surface area contributed by atoms with Gasteiger partial charge in [0.15, 0.2) is 0 Å². The van der Waals surface area contributed by atoms with Crippen LogP contribution in [0.2, 0.25) is 0 Å². The minimum absolute atomic E-state index is 0.332. The number of hydrogen-bond acceptors (Lipinski definition) is 4. The molecule has 1 saturated carbocycles. The molecule has 1 aromatic rings. The Morgan fingerprint density at radius 1 is 1.39 bits per heavy atom. The number of nitrogens with zero attached hydrogens (tertiary/aromatic N) is 3. The van der Waals surface area contributed by atoms with E-state index >= 15 is 0 Å². The van der Waals surface area contributed by atoms with Crippen LogP contribution in [0.3, 0.4) is 0 Å². The summed E-state index contributed by atoms with van der Waals surface area (Å²) in [5.74, 6) is -1.02. The maximum Gasteiger partial charge on any atom is 0.452 e. The lowest BCUT2D eigenvalue weighted by atomic mass is 9.92. The molecule has 1 aliphatic rings. The van der Waals surface area contributed by atoms with Crippen LogP contribution in [0.4, 0.5) is 18.3 Å². The highest BCUT2D eigenvalue weighted by molar-refractivity contribution is 9.09. The second kappa shape index (κ2) is 5.73. The van der Waals surface area contributed by atoms with Gasteiger partial charge in [-0.25, -0.2) is 0 Å². The first kappa shape index (κ1) is 14.0. The Hall–Kier alpha value is -0.370. The number of hydrogen-bond donors (Lipinski definition) is 0. The molecule has 0 atom stereocenters. The maximum absolute atomic E-state index is 12.5. The normalized spacial score (nSPS) is 16.7. The molecule has 0 N–H and O–H groups in total. The van der Waals surface area contributed by atoms with E-state index in [-0.39, 0.29) is 0 Å². The average Bonchev–Trinajstić information content (AvgIpc) is 2.69. The van der Waals surface area contributed by atoms with Gasteiger partial charge in [-0.15, -0.1) is 0 Å². The maximum atomic E-state index is 12.5. The number of alkyl halides is 4. The number of anilines is 1. The van der Waals surface area contributed by atoms with Gasteiger partial charge in [-0.3, -0.25) is 0 Å². The summed E-state index contributed by atoms with van der Waals surface area (Å²) in [5.41, 5.74) is 0. The van der Waals surface area contributed by atoms with Crippen molar-refractivity contribution in [1.29, 1.82) is 0 Å². The summed E-state index contributed by atoms with van der Waals surface area (Å²) >= 11 is 4.18. The molecule has 0 spiro atoms. The van der Waals surface area contributed by atoms with E-state index in [0.717, 1.165) is 49.1 Å². The number of aromatic nitrogens is 2. The zero-order valence-corrected chi connectivity index (χ0v) is 12.0. The van der Waals surface area contributed by atoms with Crippen LogP contribution in [-0.2, 0) is 6.18 Å². The van der Waals surface area contributed by atoms with Gasteiger partial charge < -0.3 is 4.90 Å². The van der Waals surface area contributed by atoms with Gasteiger partial charge in [-0.1, -0.05) is 15.9 Å². The van der Waals surface area contributed by atoms with Crippen molar-refractivity contribution >= 4 is 32.6 Å². The lowest BCUT2D eigenvalue weighted by Gasteiger charge is -2.37. The topological polar surface area (TPSA) is 29.0 Å². The molecule has 2 rings (SSSR count). The molecule has 0 amide bonds. The van der Waals surface area contributed by atoms with E-state index in [1.165, 1.54) is 0 Å². The zero-order valence-electron chi connectivity index (χ0n) is 9.58. The van der Waals surface area contributed by atoms with Crippen molar-refractivity contribution in [2.24, 2.45) is 0 Å². The molecule has 0 radical (unpaired) electrons. The summed E-state index contributed by atoms with van der Waals surface area (Å²) < 4.78 is 40.8. The average molecular weight is 344 g/mol. The number of rotatable bonds is 5. The van der Waals surface area contributed by atoms with E-state index in [4.69, 9.17) is 0 Å². The monoisotopic (exact) mass is 343 g/mol. The minimum Gasteiger partial charge on any atom is -0.344 e. The van der Waals surface area contributed by atoms with Crippen LogP contribution in [0.15, 0.2) is 0 Å². The first-order chi connectivity index (χ1) is 8.52. The van der Waals surface area contributed by atoms with Crippen molar-refractivity contribution in [2.75, 3.05) is 16.8 Å². The second-order valence-corrected chi connectivity index (χ2v) is 5.74. The van der Waals surface area contributed by atoms with Crippen molar-refractivity contribution in [3.8, 4) is 0 Å². The number of halogens is 4. The highest BCUT2D eigenvalue weighted by Gasteiger charge is 2.37. The van der Waals surface area contributed by atoms with Crippen LogP contribution in [0.5, 0.6) is 0 Å². The Morgan fingerprint density at radius 2 is 2.11 bits per heavy atom. The van der Waals surface area contributed by atoms with E-state index in [0.29, 0.717) is 11.2 Å². The van der Waals surface area contributed by atoms with Gasteiger partial charge in [-0.05, 0) is 25.7 Å². The van der Waals surface area contributed by atoms with Crippen LogP contribution in [0.25, 0.3) is 0 Å². The summed E-state index contributed by atoms with van der Waals surface area (Å²) in [5, 5.41) is 1.23. The van der Waals surface area contributed by atoms with Gasteiger partial charge in [0.25, 0.3) is 0 Å². The molecule has 0 aliphatic heterocycles. The first-order valence-corrected chi connectivity index (χ1v) is 7.65. The molecule has 0 saturated heterocycles. The van der Waals surface area contributed by atoms with Crippen molar-refractivity contribution in [1.82, 2.24) is 9.36 Å². The molecule has 8 heteroatoms. The van der Waals surface area contributed by atoms with E-state index < -0.39 is 12.0 Å². The van der Waals surface area contributed by atoms with Crippen LogP contribution >= 0.6 is 27.5 Å². The molecule has 3 nitrogen and oxygen atoms in total. The van der Waals surface area contributed by atoms with E-state index in [1.54, 1.807) is 0 Å². The van der Waals surface area contributed by atoms with Crippen LogP contribution in [0.1, 0.15) is 31.5 Å². The molecule has 0 aromatic carbocycles. The lowest BCUT2D eigenvalue weighted by molar-refractivity contribution is -0.144. The summed E-state index contributed by atoms with van der Waals surface area (Å²) in [6.07, 6.45) is -0.361. The molecular formula is C10H13BrF3N3S. The molecule has 1 heterocycles. The third kappa shape index (κ3) is 3.14. The van der Waals surface area contributed by atoms with Crippen molar-refractivity contribution < 1.29 is 13.2 Å². The fraction of sp³-hybridized carbons (Fsp3) is 0.800. The van der Waals surface area contributed by atoms with E-state index in [9.17, 15) is 13.2 Å². The van der Waals surface area contributed by atoms with Gasteiger partial charge in [0.05, 0.1) is 0 Å². The van der Waals surface area contributed by atoms with Gasteiger partial charge in [0, 0.05) is 29.4 Å². The van der Waals surface area contributed by atoms with Crippen molar-refractivity contribution in [3.63, 3.8) is 0 Å². The highest BCUT2D eigenvalue weighted by Crippen LogP contribution is 2.34. The predicted molar refractivity (Wildman–Crippen MR) is 68.3 cm³/mol. The molecule has 102 valence electrons. The van der Waals surface area contributed by atoms with Gasteiger partial charge >= 0.3 is 6.18 Å². The Morgan fingerprint density at radius 3 is 2.56 bits per heavy atom. The van der Waals surface area contributed by atoms with E-state index in [1.807, 2.05) is 4.90 Å². The Kier molecular flexibility index (Phi) is 4.47. The SMILES string of the molecule is FC(F)(F)c1nsc(N(CCCBr)C2CCC2)n1. The van der Waals surface area contributed by atoms with Gasteiger partial charge in [-0.2, -0.15) is 22.5 Å². The molecule has 0 bridgehead atoms. The quantitative estimate of drug-likeness (QED) is 0.763. The van der Waals surface area contributed by atoms with Crippen molar-refractivity contribution in [2.45, 2.75) is 37.9 Å². The summed E-state index contributed by atoms with van der Waals surface area (Å²) in [6.45, 7) is 0.725. The molecule has 1 aliphatic carbocycles. The first-order valence-electron chi connectivity index (χ1n) is 5.76. The van der Waals surface area contributed by atoms with Gasteiger partial charge in [0.1, 0.15) is 0 Å². The highest BCUT2D eigenvalue weighted by atomic mass is 79.9. The Balaban J connectivity index is 2.11. The smallest absolute Gasteiger partial charge is 0.344 e. The van der Waals surface area contributed by atoms with Gasteiger partial charge in [0.2, 0.25) is 11.0 Å². The third-order valence-electron chi connectivity index (χ3n) is 2.96. The predicted octanol–water partition coefficient (Wildman–Crippen LogP) is 3.70. The molecule has 0 unspecified atom stereocenters. The summed E-state index contributed by atoms with van der Waals surface area (Å²) in [4.78, 5) is 5.60. The molecule has 1 aromatic heterocycles. The summed E-state index contributed by atoms with van der Waals surface area (Å²) in [7, 11) is 0. The van der Waals surface area contributed by atoms with Crippen molar-refractivity contribution in [3.05, 3.63) is 5.82 Å². The fourth-order valence-corrected chi connectivity index (χ4v) is 2.85. The third-order valence-corrected chi connectivity index (χ3v) is 4.28. The largest absolute Gasteiger partial charge is 0.452 e. The summed E-state index contributed by atoms with van der Waals surface area (Å²) in [6, 6.07) is 0.332. The molecular weight excluding hydrogens is 331 g/mol.